The molecule has 1 aromatic heterocycles. The molecule has 1 aromatic carbocycles. The summed E-state index contributed by atoms with van der Waals surface area (Å²) in [6.45, 7) is 3.83. The molecule has 0 aliphatic heterocycles. The van der Waals surface area contributed by atoms with E-state index in [1.54, 1.807) is 12.1 Å². The fourth-order valence-electron chi connectivity index (χ4n) is 1.93. The van der Waals surface area contributed by atoms with Crippen LogP contribution in [0.2, 0.25) is 0 Å². The summed E-state index contributed by atoms with van der Waals surface area (Å²) in [4.78, 5) is 0. The fourth-order valence-corrected chi connectivity index (χ4v) is 2.91. The predicted octanol–water partition coefficient (Wildman–Crippen LogP) is 3.74. The summed E-state index contributed by atoms with van der Waals surface area (Å²) in [7, 11) is -5.53. The van der Waals surface area contributed by atoms with Crippen molar-refractivity contribution in [1.29, 1.82) is 0 Å². The van der Waals surface area contributed by atoms with Gasteiger partial charge in [0.25, 0.3) is 0 Å². The Morgan fingerprint density at radius 1 is 1.23 bits per heavy atom. The normalized spacial score (nSPS) is 12.5. The Balaban J connectivity index is 2.72. The Morgan fingerprint density at radius 3 is 2.45 bits per heavy atom. The number of aromatic nitrogens is 1. The van der Waals surface area contributed by atoms with Crippen LogP contribution in [0, 0.1) is 17.8 Å². The maximum absolute atomic E-state index is 12.9. The largest absolute Gasteiger partial charge is 0.517 e. The van der Waals surface area contributed by atoms with Gasteiger partial charge in [-0.05, 0) is 24.0 Å². The number of benzene rings is 1. The van der Waals surface area contributed by atoms with Crippen LogP contribution in [0.3, 0.4) is 0 Å². The topological polar surface area (TPSA) is 39.1 Å². The maximum Gasteiger partial charge on any atom is 0.517 e. The van der Waals surface area contributed by atoms with E-state index in [0.29, 0.717) is 11.8 Å². The lowest BCUT2D eigenvalue weighted by Crippen LogP contribution is -2.30. The first-order chi connectivity index (χ1) is 10.1. The van der Waals surface area contributed by atoms with Crippen molar-refractivity contribution in [2.75, 3.05) is 0 Å². The van der Waals surface area contributed by atoms with Gasteiger partial charge in [0, 0.05) is 11.8 Å². The van der Waals surface area contributed by atoms with Gasteiger partial charge in [0.05, 0.1) is 5.52 Å². The zero-order valence-corrected chi connectivity index (χ0v) is 12.8. The van der Waals surface area contributed by atoms with Gasteiger partial charge in [-0.25, -0.2) is 3.97 Å². The van der Waals surface area contributed by atoms with E-state index in [-0.39, 0.29) is 21.1 Å². The summed E-state index contributed by atoms with van der Waals surface area (Å²) in [6, 6.07) is 7.33. The molecule has 0 saturated carbocycles. The molecular weight excluding hydrogens is 315 g/mol. The van der Waals surface area contributed by atoms with Gasteiger partial charge in [-0.15, -0.1) is 0 Å². The van der Waals surface area contributed by atoms with E-state index in [0.717, 1.165) is 0 Å². The quantitative estimate of drug-likeness (QED) is 0.788. The first-order valence-corrected chi connectivity index (χ1v) is 8.00. The minimum absolute atomic E-state index is 0.0336. The van der Waals surface area contributed by atoms with Gasteiger partial charge in [0.15, 0.2) is 0 Å². The lowest BCUT2D eigenvalue weighted by molar-refractivity contribution is -0.0445. The first-order valence-electron chi connectivity index (χ1n) is 6.56. The minimum Gasteiger partial charge on any atom is -0.222 e. The van der Waals surface area contributed by atoms with E-state index >= 15 is 0 Å². The third-order valence-corrected chi connectivity index (χ3v) is 4.39. The molecule has 2 aromatic rings. The fraction of sp³-hybridized carbons (Fsp3) is 0.333. The highest BCUT2D eigenvalue weighted by Crippen LogP contribution is 2.31. The monoisotopic (exact) mass is 329 g/mol. The van der Waals surface area contributed by atoms with Crippen molar-refractivity contribution in [3.63, 3.8) is 0 Å². The SMILES string of the molecule is CC(C)CC#Cc1cc2ccccc2n1S(=O)(=O)C(F)(F)F. The summed E-state index contributed by atoms with van der Waals surface area (Å²) < 4.78 is 62.6. The first kappa shape index (κ1) is 16.4. The molecule has 22 heavy (non-hydrogen) atoms. The van der Waals surface area contributed by atoms with E-state index < -0.39 is 15.5 Å². The van der Waals surface area contributed by atoms with Crippen LogP contribution in [0.5, 0.6) is 0 Å². The molecule has 2 rings (SSSR count). The third-order valence-electron chi connectivity index (χ3n) is 2.93. The summed E-state index contributed by atoms with van der Waals surface area (Å²) in [5.74, 6) is 5.51. The third kappa shape index (κ3) is 2.97. The van der Waals surface area contributed by atoms with Crippen LogP contribution in [0.4, 0.5) is 13.2 Å². The average Bonchev–Trinajstić information content (AvgIpc) is 2.75. The molecule has 0 radical (unpaired) electrons. The molecule has 0 amide bonds. The number of halogens is 3. The molecule has 0 unspecified atom stereocenters. The van der Waals surface area contributed by atoms with Crippen LogP contribution in [-0.4, -0.2) is 17.9 Å². The molecule has 0 saturated heterocycles. The van der Waals surface area contributed by atoms with Gasteiger partial charge in [-0.1, -0.05) is 38.0 Å². The molecule has 7 heteroatoms. The van der Waals surface area contributed by atoms with Crippen LogP contribution in [0.1, 0.15) is 26.0 Å². The van der Waals surface area contributed by atoms with Gasteiger partial charge in [-0.3, -0.25) is 0 Å². The molecule has 1 heterocycles. The van der Waals surface area contributed by atoms with Crippen LogP contribution in [0.15, 0.2) is 30.3 Å². The van der Waals surface area contributed by atoms with E-state index in [9.17, 15) is 21.6 Å². The van der Waals surface area contributed by atoms with E-state index in [2.05, 4.69) is 11.8 Å². The summed E-state index contributed by atoms with van der Waals surface area (Å²) >= 11 is 0. The Hall–Kier alpha value is -1.94. The van der Waals surface area contributed by atoms with Crippen molar-refractivity contribution in [3.8, 4) is 11.8 Å². The van der Waals surface area contributed by atoms with Crippen molar-refractivity contribution in [1.82, 2.24) is 3.97 Å². The number of hydrogen-bond donors (Lipinski definition) is 0. The predicted molar refractivity (Wildman–Crippen MR) is 78.6 cm³/mol. The zero-order chi connectivity index (χ0) is 16.5. The summed E-state index contributed by atoms with van der Waals surface area (Å²) in [6.07, 6.45) is 0.466. The second-order valence-corrected chi connectivity index (χ2v) is 6.98. The van der Waals surface area contributed by atoms with E-state index in [1.807, 2.05) is 13.8 Å². The second-order valence-electron chi connectivity index (χ2n) is 5.20. The average molecular weight is 329 g/mol. The number of rotatable bonds is 2. The van der Waals surface area contributed by atoms with Crippen LogP contribution in [0.25, 0.3) is 10.9 Å². The molecule has 0 N–H and O–H groups in total. The van der Waals surface area contributed by atoms with Crippen molar-refractivity contribution >= 4 is 20.9 Å². The standard InChI is InChI=1S/C15H14F3NO2S/c1-11(2)6-5-8-13-10-12-7-3-4-9-14(12)19(13)22(20,21)15(16,17)18/h3-4,7,9-11H,6H2,1-2H3. The van der Waals surface area contributed by atoms with Crippen LogP contribution in [-0.2, 0) is 10.0 Å². The number of nitrogens with zero attached hydrogens (tertiary/aromatic N) is 1. The summed E-state index contributed by atoms with van der Waals surface area (Å²) in [5, 5.41) is 0.393. The van der Waals surface area contributed by atoms with E-state index in [4.69, 9.17) is 0 Å². The maximum atomic E-state index is 12.9. The Labute approximate surface area is 126 Å². The Morgan fingerprint density at radius 2 is 1.86 bits per heavy atom. The van der Waals surface area contributed by atoms with E-state index in [1.165, 1.54) is 18.2 Å². The number of para-hydroxylation sites is 1. The Kier molecular flexibility index (Phi) is 4.25. The van der Waals surface area contributed by atoms with Crippen molar-refractivity contribution < 1.29 is 21.6 Å². The highest BCUT2D eigenvalue weighted by atomic mass is 32.2. The van der Waals surface area contributed by atoms with Crippen molar-refractivity contribution in [2.24, 2.45) is 5.92 Å². The summed E-state index contributed by atoms with van der Waals surface area (Å²) in [5.41, 5.74) is -5.60. The van der Waals surface area contributed by atoms with Gasteiger partial charge in [-0.2, -0.15) is 21.6 Å². The second kappa shape index (κ2) is 5.69. The molecule has 0 bridgehead atoms. The Bertz CT molecular complexity index is 852. The highest BCUT2D eigenvalue weighted by Gasteiger charge is 2.48. The van der Waals surface area contributed by atoms with Gasteiger partial charge < -0.3 is 0 Å². The van der Waals surface area contributed by atoms with Crippen molar-refractivity contribution in [3.05, 3.63) is 36.0 Å². The number of hydrogen-bond acceptors (Lipinski definition) is 2. The van der Waals surface area contributed by atoms with Crippen LogP contribution < -0.4 is 0 Å². The molecule has 118 valence electrons. The van der Waals surface area contributed by atoms with Gasteiger partial charge in [0.2, 0.25) is 0 Å². The molecule has 0 fully saturated rings. The molecule has 3 nitrogen and oxygen atoms in total. The zero-order valence-electron chi connectivity index (χ0n) is 12.0. The van der Waals surface area contributed by atoms with Crippen molar-refractivity contribution in [2.45, 2.75) is 25.8 Å². The lowest BCUT2D eigenvalue weighted by atomic mass is 10.1. The number of fused-ring (bicyclic) bond motifs is 1. The van der Waals surface area contributed by atoms with Gasteiger partial charge in [0.1, 0.15) is 5.69 Å². The highest BCUT2D eigenvalue weighted by molar-refractivity contribution is 7.91. The molecule has 0 aliphatic carbocycles. The molecule has 0 aliphatic rings. The molecule has 0 spiro atoms. The molecular formula is C15H14F3NO2S. The smallest absolute Gasteiger partial charge is 0.222 e. The minimum atomic E-state index is -5.53. The lowest BCUT2D eigenvalue weighted by Gasteiger charge is -2.11. The molecule has 0 atom stereocenters. The van der Waals surface area contributed by atoms with Gasteiger partial charge >= 0.3 is 15.5 Å². The number of alkyl halides is 3. The van der Waals surface area contributed by atoms with Crippen LogP contribution >= 0.6 is 0 Å².